The Bertz CT molecular complexity index is 485. The molecule has 5 nitrogen and oxygen atoms in total. The van der Waals surface area contributed by atoms with Crippen LogP contribution in [0.4, 0.5) is 5.82 Å². The predicted molar refractivity (Wildman–Crippen MR) is 83.6 cm³/mol. The van der Waals surface area contributed by atoms with Crippen LogP contribution in [0.1, 0.15) is 43.2 Å². The highest BCUT2D eigenvalue weighted by atomic mass is 16.5. The molecule has 3 heterocycles. The molecule has 3 rings (SSSR count). The quantitative estimate of drug-likeness (QED) is 0.853. The van der Waals surface area contributed by atoms with Gasteiger partial charge in [0.2, 0.25) is 0 Å². The third-order valence-electron chi connectivity index (χ3n) is 4.57. The van der Waals surface area contributed by atoms with Gasteiger partial charge in [-0.05, 0) is 39.2 Å². The molecule has 2 aliphatic rings. The zero-order valence-electron chi connectivity index (χ0n) is 13.4. The summed E-state index contributed by atoms with van der Waals surface area (Å²) in [6, 6.07) is 3.07. The molecule has 2 fully saturated rings. The van der Waals surface area contributed by atoms with Gasteiger partial charge in [0.05, 0.1) is 6.04 Å². The number of ether oxygens (including phenoxy) is 1. The van der Waals surface area contributed by atoms with E-state index in [0.29, 0.717) is 12.1 Å². The normalized spacial score (nSPS) is 24.4. The molecule has 0 amide bonds. The molecule has 0 unspecified atom stereocenters. The largest absolute Gasteiger partial charge is 0.381 e. The van der Waals surface area contributed by atoms with Crippen molar-refractivity contribution in [2.45, 2.75) is 44.7 Å². The third kappa shape index (κ3) is 3.19. The minimum atomic E-state index is 0.381. The molecule has 1 aromatic rings. The first-order valence-corrected chi connectivity index (χ1v) is 8.01. The number of likely N-dealkylation sites (tertiary alicyclic amines) is 1. The average molecular weight is 290 g/mol. The Morgan fingerprint density at radius 1 is 1.19 bits per heavy atom. The van der Waals surface area contributed by atoms with E-state index < -0.39 is 0 Å². The molecule has 2 saturated heterocycles. The summed E-state index contributed by atoms with van der Waals surface area (Å²) in [5, 5.41) is 0. The van der Waals surface area contributed by atoms with Crippen LogP contribution in [0, 0.1) is 6.92 Å². The van der Waals surface area contributed by atoms with Crippen LogP contribution in [0.25, 0.3) is 0 Å². The topological polar surface area (TPSA) is 41.5 Å². The average Bonchev–Trinajstić information content (AvgIpc) is 2.97. The number of aromatic nitrogens is 2. The van der Waals surface area contributed by atoms with E-state index in [1.54, 1.807) is 0 Å². The molecule has 0 N–H and O–H groups in total. The van der Waals surface area contributed by atoms with Gasteiger partial charge < -0.3 is 9.64 Å². The summed E-state index contributed by atoms with van der Waals surface area (Å²) in [5.74, 6) is 2.01. The molecule has 0 saturated carbocycles. The Morgan fingerprint density at radius 2 is 1.95 bits per heavy atom. The number of rotatable bonds is 3. The molecule has 0 spiro atoms. The van der Waals surface area contributed by atoms with E-state index in [0.717, 1.165) is 43.4 Å². The van der Waals surface area contributed by atoms with Gasteiger partial charge in [0.25, 0.3) is 0 Å². The molecule has 2 aliphatic heterocycles. The smallest absolute Gasteiger partial charge is 0.148 e. The molecule has 0 aliphatic carbocycles. The van der Waals surface area contributed by atoms with Crippen molar-refractivity contribution in [1.29, 1.82) is 0 Å². The van der Waals surface area contributed by atoms with Crippen molar-refractivity contribution in [2.75, 3.05) is 38.8 Å². The highest BCUT2D eigenvalue weighted by Crippen LogP contribution is 2.35. The van der Waals surface area contributed by atoms with Gasteiger partial charge in [-0.3, -0.25) is 4.90 Å². The summed E-state index contributed by atoms with van der Waals surface area (Å²) >= 11 is 0. The molecule has 0 bridgehead atoms. The van der Waals surface area contributed by atoms with Gasteiger partial charge in [0.15, 0.2) is 0 Å². The second-order valence-electron chi connectivity index (χ2n) is 6.36. The first-order valence-electron chi connectivity index (χ1n) is 8.01. The van der Waals surface area contributed by atoms with Gasteiger partial charge in [-0.25, -0.2) is 9.97 Å². The molecule has 0 aromatic carbocycles. The summed E-state index contributed by atoms with van der Waals surface area (Å²) in [6.45, 7) is 5.02. The lowest BCUT2D eigenvalue weighted by molar-refractivity contribution is 0.0279. The van der Waals surface area contributed by atoms with Crippen LogP contribution in [0.3, 0.4) is 0 Å². The number of hydrogen-bond acceptors (Lipinski definition) is 5. The lowest BCUT2D eigenvalue weighted by Gasteiger charge is -2.35. The summed E-state index contributed by atoms with van der Waals surface area (Å²) in [7, 11) is 4.08. The van der Waals surface area contributed by atoms with Crippen molar-refractivity contribution in [2.24, 2.45) is 0 Å². The number of aryl methyl sites for hydroxylation is 1. The highest BCUT2D eigenvalue weighted by molar-refractivity contribution is 5.38. The molecule has 1 atom stereocenters. The summed E-state index contributed by atoms with van der Waals surface area (Å²) in [6.07, 6.45) is 4.70. The predicted octanol–water partition coefficient (Wildman–Crippen LogP) is 2.17. The van der Waals surface area contributed by atoms with Gasteiger partial charge in [-0.2, -0.15) is 0 Å². The molecule has 21 heavy (non-hydrogen) atoms. The summed E-state index contributed by atoms with van der Waals surface area (Å²) in [5.41, 5.74) is 1.06. The Hall–Kier alpha value is -1.20. The molecule has 5 heteroatoms. The van der Waals surface area contributed by atoms with Crippen molar-refractivity contribution in [3.63, 3.8) is 0 Å². The standard InChI is InChI=1S/C16H26N4O/c1-12-11-15(19(2)3)18-16(17-12)14-5-4-8-20(14)13-6-9-21-10-7-13/h11,13-14H,4-10H2,1-3H3/t14-/m0/s1. The molecule has 116 valence electrons. The Balaban J connectivity index is 1.84. The van der Waals surface area contributed by atoms with Crippen molar-refractivity contribution in [1.82, 2.24) is 14.9 Å². The third-order valence-corrected chi connectivity index (χ3v) is 4.57. The maximum absolute atomic E-state index is 5.51. The van der Waals surface area contributed by atoms with Crippen molar-refractivity contribution in [3.05, 3.63) is 17.6 Å². The lowest BCUT2D eigenvalue weighted by atomic mass is 10.1. The number of nitrogens with zero attached hydrogens (tertiary/aromatic N) is 4. The van der Waals surface area contributed by atoms with Gasteiger partial charge in [-0.15, -0.1) is 0 Å². The maximum atomic E-state index is 5.51. The zero-order chi connectivity index (χ0) is 14.8. The van der Waals surface area contributed by atoms with Crippen molar-refractivity contribution < 1.29 is 4.74 Å². The Morgan fingerprint density at radius 3 is 2.67 bits per heavy atom. The first-order chi connectivity index (χ1) is 10.1. The maximum Gasteiger partial charge on any atom is 0.148 e. The minimum absolute atomic E-state index is 0.381. The number of anilines is 1. The van der Waals surface area contributed by atoms with Gasteiger partial charge in [-0.1, -0.05) is 0 Å². The second-order valence-corrected chi connectivity index (χ2v) is 6.36. The molecular formula is C16H26N4O. The van der Waals surface area contributed by atoms with Crippen molar-refractivity contribution >= 4 is 5.82 Å². The van der Waals surface area contributed by atoms with Crippen LogP contribution >= 0.6 is 0 Å². The molecular weight excluding hydrogens is 264 g/mol. The molecule has 0 radical (unpaired) electrons. The first kappa shape index (κ1) is 14.7. The Labute approximate surface area is 127 Å². The van der Waals surface area contributed by atoms with Gasteiger partial charge >= 0.3 is 0 Å². The van der Waals surface area contributed by atoms with E-state index >= 15 is 0 Å². The second kappa shape index (κ2) is 6.28. The van der Waals surface area contributed by atoms with Crippen LogP contribution in [-0.2, 0) is 4.74 Å². The van der Waals surface area contributed by atoms with E-state index in [9.17, 15) is 0 Å². The van der Waals surface area contributed by atoms with E-state index in [4.69, 9.17) is 14.7 Å². The van der Waals surface area contributed by atoms with E-state index in [2.05, 4.69) is 22.8 Å². The van der Waals surface area contributed by atoms with Crippen LogP contribution < -0.4 is 4.90 Å². The van der Waals surface area contributed by atoms with Crippen LogP contribution in [-0.4, -0.2) is 54.8 Å². The fourth-order valence-corrected chi connectivity index (χ4v) is 3.47. The Kier molecular flexibility index (Phi) is 4.40. The van der Waals surface area contributed by atoms with Gasteiger partial charge in [0.1, 0.15) is 11.6 Å². The van der Waals surface area contributed by atoms with Crippen LogP contribution in [0.15, 0.2) is 6.07 Å². The number of hydrogen-bond donors (Lipinski definition) is 0. The monoisotopic (exact) mass is 290 g/mol. The summed E-state index contributed by atoms with van der Waals surface area (Å²) in [4.78, 5) is 14.2. The molecule has 1 aromatic heterocycles. The summed E-state index contributed by atoms with van der Waals surface area (Å²) < 4.78 is 5.51. The SMILES string of the molecule is Cc1cc(N(C)C)nc([C@@H]2CCCN2C2CCOCC2)n1. The zero-order valence-corrected chi connectivity index (χ0v) is 13.4. The van der Waals surface area contributed by atoms with E-state index in [1.165, 1.54) is 19.4 Å². The van der Waals surface area contributed by atoms with Crippen molar-refractivity contribution in [3.8, 4) is 0 Å². The van der Waals surface area contributed by atoms with Crippen LogP contribution in [0.2, 0.25) is 0 Å². The highest BCUT2D eigenvalue weighted by Gasteiger charge is 2.34. The fourth-order valence-electron chi connectivity index (χ4n) is 3.47. The van der Waals surface area contributed by atoms with E-state index in [-0.39, 0.29) is 0 Å². The van der Waals surface area contributed by atoms with Crippen LogP contribution in [0.5, 0.6) is 0 Å². The van der Waals surface area contributed by atoms with Gasteiger partial charge in [0, 0.05) is 45.1 Å². The minimum Gasteiger partial charge on any atom is -0.381 e. The lowest BCUT2D eigenvalue weighted by Crippen LogP contribution is -2.39. The fraction of sp³-hybridized carbons (Fsp3) is 0.750. The van der Waals surface area contributed by atoms with E-state index in [1.807, 2.05) is 14.1 Å².